The van der Waals surface area contributed by atoms with Crippen LogP contribution in [-0.4, -0.2) is 40.4 Å². The molecule has 1 aromatic heterocycles. The average Bonchev–Trinajstić information content (AvgIpc) is 3.13. The van der Waals surface area contributed by atoms with Gasteiger partial charge >= 0.3 is 6.03 Å². The molecule has 6 heteroatoms. The van der Waals surface area contributed by atoms with E-state index in [-0.39, 0.29) is 18.7 Å². The summed E-state index contributed by atoms with van der Waals surface area (Å²) in [5.74, 6) is 0.681. The summed E-state index contributed by atoms with van der Waals surface area (Å²) in [7, 11) is 0. The molecule has 18 heavy (non-hydrogen) atoms. The smallest absolute Gasteiger partial charge is 0.322 e. The minimum absolute atomic E-state index is 0.0207. The van der Waals surface area contributed by atoms with Crippen molar-refractivity contribution in [1.82, 2.24) is 10.1 Å². The molecule has 6 nitrogen and oxygen atoms in total. The molecule has 1 fully saturated rings. The number of rotatable bonds is 5. The van der Waals surface area contributed by atoms with Crippen LogP contribution in [0.2, 0.25) is 0 Å². The van der Waals surface area contributed by atoms with E-state index in [1.165, 1.54) is 0 Å². The Bertz CT molecular complexity index is 426. The van der Waals surface area contributed by atoms with Crippen LogP contribution >= 0.6 is 0 Å². The van der Waals surface area contributed by atoms with E-state index >= 15 is 0 Å². The van der Waals surface area contributed by atoms with Gasteiger partial charge in [0.1, 0.15) is 11.4 Å². The lowest BCUT2D eigenvalue weighted by Gasteiger charge is -2.21. The maximum absolute atomic E-state index is 12.1. The number of carbonyl (C=O) groups excluding carboxylic acids is 1. The molecule has 0 aliphatic heterocycles. The van der Waals surface area contributed by atoms with E-state index in [0.29, 0.717) is 30.1 Å². The second kappa shape index (κ2) is 5.39. The van der Waals surface area contributed by atoms with Gasteiger partial charge in [0.2, 0.25) is 0 Å². The number of aliphatic hydroxyl groups is 1. The number of amides is 2. The SMILES string of the molecule is CCc1onc(C)c1NC(=O)N(CCO)C1CC1. The third kappa shape index (κ3) is 2.64. The second-order valence-corrected chi connectivity index (χ2v) is 4.50. The van der Waals surface area contributed by atoms with Gasteiger partial charge < -0.3 is 19.8 Å². The zero-order chi connectivity index (χ0) is 13.1. The van der Waals surface area contributed by atoms with E-state index in [2.05, 4.69) is 10.5 Å². The fourth-order valence-corrected chi connectivity index (χ4v) is 1.94. The first-order valence-corrected chi connectivity index (χ1v) is 6.31. The number of urea groups is 1. The average molecular weight is 253 g/mol. The fraction of sp³-hybridized carbons (Fsp3) is 0.667. The Labute approximate surface area is 106 Å². The second-order valence-electron chi connectivity index (χ2n) is 4.50. The van der Waals surface area contributed by atoms with E-state index in [0.717, 1.165) is 12.8 Å². The summed E-state index contributed by atoms with van der Waals surface area (Å²) in [5, 5.41) is 15.7. The first-order valence-electron chi connectivity index (χ1n) is 6.31. The summed E-state index contributed by atoms with van der Waals surface area (Å²) >= 11 is 0. The number of hydrogen-bond acceptors (Lipinski definition) is 4. The Morgan fingerprint density at radius 3 is 2.89 bits per heavy atom. The minimum Gasteiger partial charge on any atom is -0.395 e. The lowest BCUT2D eigenvalue weighted by atomic mass is 10.2. The molecular weight excluding hydrogens is 234 g/mol. The molecule has 2 rings (SSSR count). The van der Waals surface area contributed by atoms with Crippen molar-refractivity contribution in [2.75, 3.05) is 18.5 Å². The molecule has 0 unspecified atom stereocenters. The highest BCUT2D eigenvalue weighted by Gasteiger charge is 2.32. The minimum atomic E-state index is -0.187. The topological polar surface area (TPSA) is 78.6 Å². The standard InChI is InChI=1S/C12H19N3O3/c1-3-10-11(8(2)14-18-10)13-12(17)15(6-7-16)9-4-5-9/h9,16H,3-7H2,1-2H3,(H,13,17). The van der Waals surface area contributed by atoms with Crippen molar-refractivity contribution in [3.05, 3.63) is 11.5 Å². The van der Waals surface area contributed by atoms with Crippen LogP contribution in [0, 0.1) is 6.92 Å². The van der Waals surface area contributed by atoms with Gasteiger partial charge in [-0.1, -0.05) is 12.1 Å². The highest BCUT2D eigenvalue weighted by molar-refractivity contribution is 5.90. The Morgan fingerprint density at radius 2 is 2.33 bits per heavy atom. The van der Waals surface area contributed by atoms with Crippen LogP contribution in [0.5, 0.6) is 0 Å². The van der Waals surface area contributed by atoms with E-state index in [1.54, 1.807) is 11.8 Å². The van der Waals surface area contributed by atoms with Crippen molar-refractivity contribution < 1.29 is 14.4 Å². The van der Waals surface area contributed by atoms with Gasteiger partial charge in [0.05, 0.1) is 6.61 Å². The highest BCUT2D eigenvalue weighted by atomic mass is 16.5. The number of nitrogens with zero attached hydrogens (tertiary/aromatic N) is 2. The quantitative estimate of drug-likeness (QED) is 0.834. The Morgan fingerprint density at radius 1 is 1.61 bits per heavy atom. The van der Waals surface area contributed by atoms with Crippen LogP contribution in [0.25, 0.3) is 0 Å². The molecule has 0 atom stereocenters. The van der Waals surface area contributed by atoms with Gasteiger partial charge in [-0.2, -0.15) is 0 Å². The van der Waals surface area contributed by atoms with Crippen LogP contribution in [0.4, 0.5) is 10.5 Å². The molecule has 1 aromatic rings. The van der Waals surface area contributed by atoms with Crippen LogP contribution < -0.4 is 5.32 Å². The zero-order valence-corrected chi connectivity index (χ0v) is 10.8. The summed E-state index contributed by atoms with van der Waals surface area (Å²) in [5.41, 5.74) is 1.34. The summed E-state index contributed by atoms with van der Waals surface area (Å²) < 4.78 is 5.13. The maximum Gasteiger partial charge on any atom is 0.322 e. The number of nitrogens with one attached hydrogen (secondary N) is 1. The van der Waals surface area contributed by atoms with Crippen molar-refractivity contribution in [3.8, 4) is 0 Å². The Balaban J connectivity index is 2.07. The van der Waals surface area contributed by atoms with Crippen LogP contribution in [0.3, 0.4) is 0 Å². The first-order chi connectivity index (χ1) is 8.67. The van der Waals surface area contributed by atoms with Gasteiger partial charge in [0, 0.05) is 19.0 Å². The molecule has 2 amide bonds. The molecule has 0 spiro atoms. The first kappa shape index (κ1) is 12.9. The summed E-state index contributed by atoms with van der Waals surface area (Å²) in [4.78, 5) is 13.8. The maximum atomic E-state index is 12.1. The summed E-state index contributed by atoms with van der Waals surface area (Å²) in [6.07, 6.45) is 2.70. The lowest BCUT2D eigenvalue weighted by Crippen LogP contribution is -2.38. The third-order valence-electron chi connectivity index (χ3n) is 3.08. The summed E-state index contributed by atoms with van der Waals surface area (Å²) in [6.45, 7) is 4.09. The van der Waals surface area contributed by atoms with E-state index < -0.39 is 0 Å². The monoisotopic (exact) mass is 253 g/mol. The van der Waals surface area contributed by atoms with Crippen LogP contribution in [0.15, 0.2) is 4.52 Å². The normalized spacial score (nSPS) is 14.6. The molecule has 1 heterocycles. The molecule has 1 aliphatic rings. The van der Waals surface area contributed by atoms with Gasteiger partial charge in [-0.3, -0.25) is 0 Å². The van der Waals surface area contributed by atoms with Crippen molar-refractivity contribution in [2.24, 2.45) is 0 Å². The largest absolute Gasteiger partial charge is 0.395 e. The van der Waals surface area contributed by atoms with Crippen LogP contribution in [-0.2, 0) is 6.42 Å². The number of carbonyl (C=O) groups is 1. The van der Waals surface area contributed by atoms with Crippen molar-refractivity contribution in [3.63, 3.8) is 0 Å². The third-order valence-corrected chi connectivity index (χ3v) is 3.08. The Hall–Kier alpha value is -1.56. The number of anilines is 1. The number of aromatic nitrogens is 1. The van der Waals surface area contributed by atoms with E-state index in [1.807, 2.05) is 6.92 Å². The molecular formula is C12H19N3O3. The molecule has 2 N–H and O–H groups in total. The summed E-state index contributed by atoms with van der Waals surface area (Å²) in [6, 6.07) is 0.0787. The predicted octanol–water partition coefficient (Wildman–Crippen LogP) is 1.53. The molecule has 1 saturated carbocycles. The number of aliphatic hydroxyl groups excluding tert-OH is 1. The lowest BCUT2D eigenvalue weighted by molar-refractivity contribution is 0.185. The predicted molar refractivity (Wildman–Crippen MR) is 66.5 cm³/mol. The van der Waals surface area contributed by atoms with Crippen molar-refractivity contribution in [1.29, 1.82) is 0 Å². The fourth-order valence-electron chi connectivity index (χ4n) is 1.94. The van der Waals surface area contributed by atoms with Gasteiger partial charge in [0.25, 0.3) is 0 Å². The van der Waals surface area contributed by atoms with E-state index in [4.69, 9.17) is 9.63 Å². The van der Waals surface area contributed by atoms with Gasteiger partial charge in [-0.05, 0) is 19.8 Å². The van der Waals surface area contributed by atoms with E-state index in [9.17, 15) is 4.79 Å². The van der Waals surface area contributed by atoms with Gasteiger partial charge in [0.15, 0.2) is 5.76 Å². The van der Waals surface area contributed by atoms with Crippen molar-refractivity contribution >= 4 is 11.7 Å². The van der Waals surface area contributed by atoms with Crippen molar-refractivity contribution in [2.45, 2.75) is 39.2 Å². The molecule has 0 bridgehead atoms. The molecule has 0 radical (unpaired) electrons. The molecule has 1 aliphatic carbocycles. The molecule has 0 saturated heterocycles. The van der Waals surface area contributed by atoms with Crippen LogP contribution in [0.1, 0.15) is 31.2 Å². The molecule has 0 aromatic carbocycles. The van der Waals surface area contributed by atoms with Gasteiger partial charge in [-0.25, -0.2) is 4.79 Å². The number of hydrogen-bond donors (Lipinski definition) is 2. The number of aryl methyl sites for hydroxylation is 2. The highest BCUT2D eigenvalue weighted by Crippen LogP contribution is 2.28. The Kier molecular flexibility index (Phi) is 3.86. The molecule has 100 valence electrons. The zero-order valence-electron chi connectivity index (χ0n) is 10.8. The van der Waals surface area contributed by atoms with Gasteiger partial charge in [-0.15, -0.1) is 0 Å².